The molecule has 7 aromatic rings. The Labute approximate surface area is 473 Å². The van der Waals surface area contributed by atoms with Crippen molar-refractivity contribution in [2.45, 2.75) is 232 Å². The first kappa shape index (κ1) is 51.1. The van der Waals surface area contributed by atoms with Gasteiger partial charge in [0.1, 0.15) is 0 Å². The van der Waals surface area contributed by atoms with Gasteiger partial charge < -0.3 is 9.80 Å². The SMILES string of the molecule is Cc1cc2c3c(c1)N(c1ccc4c(c1)C(C)(C)CCC4(C)C)c1c(sc4ccc(C(C)(C)C)cc14)B3c1cc3c4cc1N2c1cc2c(cc1-c1cc(cc5c1C(C)(C)CCC5(C)C)C4(C)CCC3(C)C)C(C)(C)CCC2(C)C. The summed E-state index contributed by atoms with van der Waals surface area (Å²) in [5.41, 5.74) is 30.5. The molecule has 4 aliphatic carbocycles. The summed E-state index contributed by atoms with van der Waals surface area (Å²) in [6.45, 7) is 47.7. The lowest BCUT2D eigenvalue weighted by Gasteiger charge is -2.51. The summed E-state index contributed by atoms with van der Waals surface area (Å²) in [5.74, 6) is 0. The normalized spacial score (nSPS) is 23.3. The fourth-order valence-electron chi connectivity index (χ4n) is 16.8. The van der Waals surface area contributed by atoms with Gasteiger partial charge in [-0.1, -0.05) is 149 Å². The lowest BCUT2D eigenvalue weighted by Crippen LogP contribution is -2.61. The van der Waals surface area contributed by atoms with E-state index in [2.05, 4.69) is 238 Å². The van der Waals surface area contributed by atoms with E-state index in [4.69, 9.17) is 0 Å². The first-order valence-electron chi connectivity index (χ1n) is 30.3. The molecule has 3 aliphatic heterocycles. The number of aryl methyl sites for hydroxylation is 1. The quantitative estimate of drug-likeness (QED) is 0.151. The number of benzene rings is 6. The van der Waals surface area contributed by atoms with Crippen LogP contribution in [-0.2, 0) is 48.7 Å². The Hall–Kier alpha value is -5.06. The Bertz CT molecular complexity index is 3820. The highest BCUT2D eigenvalue weighted by atomic mass is 32.1. The molecule has 1 atom stereocenters. The maximum absolute atomic E-state index is 2.87. The number of thiophene rings is 1. The van der Waals surface area contributed by atoms with Gasteiger partial charge in [0.15, 0.2) is 0 Å². The van der Waals surface area contributed by atoms with Crippen molar-refractivity contribution in [2.24, 2.45) is 0 Å². The third kappa shape index (κ3) is 6.86. The predicted molar refractivity (Wildman–Crippen MR) is 339 cm³/mol. The second kappa shape index (κ2) is 15.5. The average molecular weight is 1050 g/mol. The number of hydrogen-bond acceptors (Lipinski definition) is 3. The van der Waals surface area contributed by atoms with Crippen LogP contribution in [0, 0.1) is 6.92 Å². The zero-order valence-electron chi connectivity index (χ0n) is 51.1. The minimum Gasteiger partial charge on any atom is -0.311 e. The molecule has 0 saturated heterocycles. The van der Waals surface area contributed by atoms with Crippen molar-refractivity contribution in [2.75, 3.05) is 9.80 Å². The van der Waals surface area contributed by atoms with Crippen molar-refractivity contribution in [1.29, 1.82) is 0 Å². The van der Waals surface area contributed by atoms with E-state index in [1.165, 1.54) is 149 Å². The minimum absolute atomic E-state index is 0.00394. The molecule has 4 bridgehead atoms. The van der Waals surface area contributed by atoms with Crippen molar-refractivity contribution >= 4 is 78.0 Å². The fourth-order valence-corrected chi connectivity index (χ4v) is 18.1. The van der Waals surface area contributed by atoms with Crippen LogP contribution in [0.2, 0.25) is 0 Å². The molecule has 1 unspecified atom stereocenters. The van der Waals surface area contributed by atoms with Crippen LogP contribution in [0.15, 0.2) is 84.9 Å². The summed E-state index contributed by atoms with van der Waals surface area (Å²) in [6.07, 6.45) is 9.38. The van der Waals surface area contributed by atoms with Crippen molar-refractivity contribution in [1.82, 2.24) is 0 Å². The van der Waals surface area contributed by atoms with Crippen LogP contribution in [0.5, 0.6) is 0 Å². The maximum Gasteiger partial charge on any atom is 0.264 e. The zero-order valence-corrected chi connectivity index (χ0v) is 51.9. The number of fused-ring (bicyclic) bond motifs is 16. The molecule has 14 rings (SSSR count). The van der Waals surface area contributed by atoms with Gasteiger partial charge in [-0.3, -0.25) is 0 Å². The van der Waals surface area contributed by atoms with Crippen LogP contribution >= 0.6 is 11.3 Å². The predicted octanol–water partition coefficient (Wildman–Crippen LogP) is 19.0. The van der Waals surface area contributed by atoms with E-state index in [1.54, 1.807) is 22.3 Å². The summed E-state index contributed by atoms with van der Waals surface area (Å²) in [7, 11) is 0. The molecule has 78 heavy (non-hydrogen) atoms. The van der Waals surface area contributed by atoms with Gasteiger partial charge in [0.2, 0.25) is 0 Å². The van der Waals surface area contributed by atoms with Crippen LogP contribution in [0.25, 0.3) is 21.2 Å². The minimum atomic E-state index is -0.178. The smallest absolute Gasteiger partial charge is 0.264 e. The van der Waals surface area contributed by atoms with Gasteiger partial charge in [-0.2, -0.15) is 0 Å². The van der Waals surface area contributed by atoms with Crippen LogP contribution < -0.4 is 25.5 Å². The molecule has 0 amide bonds. The lowest BCUT2D eigenvalue weighted by molar-refractivity contribution is 0.328. The van der Waals surface area contributed by atoms with Gasteiger partial charge in [-0.25, -0.2) is 0 Å². The average Bonchev–Trinajstić information content (AvgIpc) is 2.61. The monoisotopic (exact) mass is 1050 g/mol. The zero-order chi connectivity index (χ0) is 55.4. The molecule has 0 N–H and O–H groups in total. The van der Waals surface area contributed by atoms with Gasteiger partial charge >= 0.3 is 0 Å². The molecule has 0 spiro atoms. The maximum atomic E-state index is 2.87. The molecule has 0 fully saturated rings. The van der Waals surface area contributed by atoms with E-state index < -0.39 is 0 Å². The van der Waals surface area contributed by atoms with Gasteiger partial charge in [0.25, 0.3) is 6.71 Å². The van der Waals surface area contributed by atoms with E-state index in [-0.39, 0.29) is 55.4 Å². The molecule has 0 saturated carbocycles. The first-order valence-corrected chi connectivity index (χ1v) is 31.1. The van der Waals surface area contributed by atoms with Gasteiger partial charge in [-0.15, -0.1) is 11.3 Å². The second-order valence-electron chi connectivity index (χ2n) is 32.2. The lowest BCUT2D eigenvalue weighted by atomic mass is 9.35. The van der Waals surface area contributed by atoms with Gasteiger partial charge in [-0.05, 0) is 240 Å². The molecule has 402 valence electrons. The summed E-state index contributed by atoms with van der Waals surface area (Å²) in [4.78, 5) is 5.64. The van der Waals surface area contributed by atoms with E-state index in [9.17, 15) is 0 Å². The third-order valence-electron chi connectivity index (χ3n) is 22.5. The van der Waals surface area contributed by atoms with Crippen LogP contribution in [0.3, 0.4) is 0 Å². The first-order chi connectivity index (χ1) is 36.2. The van der Waals surface area contributed by atoms with E-state index >= 15 is 0 Å². The Morgan fingerprint density at radius 3 is 1.63 bits per heavy atom. The molecule has 4 heteroatoms. The van der Waals surface area contributed by atoms with Crippen LogP contribution in [0.4, 0.5) is 34.1 Å². The molecular weight excluding hydrogens is 960 g/mol. The van der Waals surface area contributed by atoms with Crippen LogP contribution in [-0.4, -0.2) is 6.71 Å². The van der Waals surface area contributed by atoms with Gasteiger partial charge in [0, 0.05) is 48.6 Å². The third-order valence-corrected chi connectivity index (χ3v) is 23.8. The summed E-state index contributed by atoms with van der Waals surface area (Å²) in [6, 6.07) is 36.9. The molecular formula is C74H87BN2S. The Balaban J connectivity index is 1.17. The standard InChI is InChI=1S/C74H87BN2S/c1-42-32-59-63-60(33-42)77-57-40-53-51(69(9,10)26-27-70(53,11)12)38-46(57)47-35-44(36-55-62(47)73(17,18)29-28-72(55,15)16)74(19)31-30-71(13,14)52-39-56(58(77)41-54(52)74)75(63)65-64(48-34-43(66(2,3)4)20-23-61(48)78-65)76(59)45-21-22-49-50(37-45)68(7,8)25-24-67(49,5)6/h20-23,32-41H,24-31H2,1-19H3. The molecule has 2 nitrogen and oxygen atoms in total. The number of anilines is 6. The Kier molecular flexibility index (Phi) is 10.1. The van der Waals surface area contributed by atoms with E-state index in [0.717, 1.165) is 12.8 Å². The molecule has 0 radical (unpaired) electrons. The second-order valence-corrected chi connectivity index (χ2v) is 33.2. The number of nitrogens with zero attached hydrogens (tertiary/aromatic N) is 2. The van der Waals surface area contributed by atoms with Crippen molar-refractivity contribution < 1.29 is 0 Å². The summed E-state index contributed by atoms with van der Waals surface area (Å²) < 4.78 is 2.86. The number of hydrogen-bond donors (Lipinski definition) is 0. The topological polar surface area (TPSA) is 6.48 Å². The van der Waals surface area contributed by atoms with Crippen molar-refractivity contribution in [3.05, 3.63) is 146 Å². The molecule has 7 aliphatic rings. The van der Waals surface area contributed by atoms with Crippen LogP contribution in [0.1, 0.15) is 237 Å². The van der Waals surface area contributed by atoms with Gasteiger partial charge in [0.05, 0.1) is 11.4 Å². The summed E-state index contributed by atoms with van der Waals surface area (Å²) in [5, 5.41) is 1.38. The Morgan fingerprint density at radius 1 is 0.449 bits per heavy atom. The highest BCUT2D eigenvalue weighted by Crippen LogP contribution is 2.61. The summed E-state index contributed by atoms with van der Waals surface area (Å²) >= 11 is 2.06. The van der Waals surface area contributed by atoms with Crippen molar-refractivity contribution in [3.8, 4) is 11.1 Å². The molecule has 1 aromatic heterocycles. The largest absolute Gasteiger partial charge is 0.311 e. The highest BCUT2D eigenvalue weighted by molar-refractivity contribution is 7.33. The molecule has 4 heterocycles. The number of rotatable bonds is 1. The fraction of sp³-hybridized carbons (Fsp3) is 0.486. The molecule has 6 aromatic carbocycles. The van der Waals surface area contributed by atoms with E-state index in [0.29, 0.717) is 0 Å². The van der Waals surface area contributed by atoms with Crippen molar-refractivity contribution in [3.63, 3.8) is 0 Å². The van der Waals surface area contributed by atoms with E-state index in [1.807, 2.05) is 0 Å². The Morgan fingerprint density at radius 2 is 0.987 bits per heavy atom. The highest BCUT2D eigenvalue weighted by Gasteiger charge is 2.52.